The second kappa shape index (κ2) is 5.26. The third kappa shape index (κ3) is 2.51. The summed E-state index contributed by atoms with van der Waals surface area (Å²) in [6, 6.07) is -0.0546. The van der Waals surface area contributed by atoms with Crippen LogP contribution in [-0.4, -0.2) is 54.3 Å². The molecule has 0 aromatic carbocycles. The highest BCUT2D eigenvalue weighted by Gasteiger charge is 2.37. The normalized spacial score (nSPS) is 33.7. The predicted molar refractivity (Wildman–Crippen MR) is 68.7 cm³/mol. The highest BCUT2D eigenvalue weighted by Crippen LogP contribution is 2.29. The SMILES string of the molecule is CC1CCCC(C(=O)N2CCN(C)C(=O)C2)C1N. The fourth-order valence-corrected chi connectivity index (χ4v) is 2.91. The fourth-order valence-electron chi connectivity index (χ4n) is 2.91. The third-order valence-corrected chi connectivity index (χ3v) is 4.38. The highest BCUT2D eigenvalue weighted by molar-refractivity contribution is 5.87. The molecular weight excluding hydrogens is 230 g/mol. The van der Waals surface area contributed by atoms with Crippen LogP contribution in [0.4, 0.5) is 0 Å². The fraction of sp³-hybridized carbons (Fsp3) is 0.846. The summed E-state index contributed by atoms with van der Waals surface area (Å²) in [4.78, 5) is 27.4. The van der Waals surface area contributed by atoms with E-state index in [4.69, 9.17) is 5.73 Å². The monoisotopic (exact) mass is 253 g/mol. The number of nitrogens with two attached hydrogens (primary N) is 1. The van der Waals surface area contributed by atoms with Crippen molar-refractivity contribution >= 4 is 11.8 Å². The van der Waals surface area contributed by atoms with Crippen LogP contribution in [0.5, 0.6) is 0 Å². The van der Waals surface area contributed by atoms with Gasteiger partial charge in [0, 0.05) is 26.2 Å². The molecule has 3 atom stereocenters. The predicted octanol–water partition coefficient (Wildman–Crippen LogP) is 0.0505. The van der Waals surface area contributed by atoms with Crippen molar-refractivity contribution in [2.24, 2.45) is 17.6 Å². The van der Waals surface area contributed by atoms with E-state index in [0.717, 1.165) is 19.3 Å². The zero-order valence-corrected chi connectivity index (χ0v) is 11.3. The van der Waals surface area contributed by atoms with Gasteiger partial charge in [-0.3, -0.25) is 9.59 Å². The van der Waals surface area contributed by atoms with Crippen molar-refractivity contribution in [1.82, 2.24) is 9.80 Å². The largest absolute Gasteiger partial charge is 0.342 e. The number of carbonyl (C=O) groups excluding carboxylic acids is 2. The van der Waals surface area contributed by atoms with Gasteiger partial charge in [0.05, 0.1) is 12.5 Å². The van der Waals surface area contributed by atoms with Crippen LogP contribution in [-0.2, 0) is 9.59 Å². The van der Waals surface area contributed by atoms with Gasteiger partial charge in [0.25, 0.3) is 0 Å². The van der Waals surface area contributed by atoms with Crippen molar-refractivity contribution in [3.8, 4) is 0 Å². The van der Waals surface area contributed by atoms with Gasteiger partial charge in [0.1, 0.15) is 0 Å². The Bertz CT molecular complexity index is 345. The molecule has 5 nitrogen and oxygen atoms in total. The molecule has 0 spiro atoms. The third-order valence-electron chi connectivity index (χ3n) is 4.38. The van der Waals surface area contributed by atoms with Gasteiger partial charge >= 0.3 is 0 Å². The first-order valence-electron chi connectivity index (χ1n) is 6.79. The van der Waals surface area contributed by atoms with Crippen molar-refractivity contribution in [2.75, 3.05) is 26.7 Å². The summed E-state index contributed by atoms with van der Waals surface area (Å²) < 4.78 is 0. The Morgan fingerprint density at radius 1 is 1.33 bits per heavy atom. The number of carbonyl (C=O) groups is 2. The van der Waals surface area contributed by atoms with Gasteiger partial charge in [-0.05, 0) is 18.8 Å². The first kappa shape index (κ1) is 13.3. The minimum absolute atomic E-state index is 0.0204. The first-order chi connectivity index (χ1) is 8.50. The Kier molecular flexibility index (Phi) is 3.90. The van der Waals surface area contributed by atoms with Gasteiger partial charge in [-0.15, -0.1) is 0 Å². The number of hydrogen-bond donors (Lipinski definition) is 1. The Morgan fingerprint density at radius 2 is 2.06 bits per heavy atom. The number of hydrogen-bond acceptors (Lipinski definition) is 3. The summed E-state index contributed by atoms with van der Waals surface area (Å²) in [5.41, 5.74) is 6.15. The molecule has 2 amide bonds. The van der Waals surface area contributed by atoms with Gasteiger partial charge in [0.2, 0.25) is 11.8 Å². The second-order valence-electron chi connectivity index (χ2n) is 5.67. The Morgan fingerprint density at radius 3 is 2.72 bits per heavy atom. The summed E-state index contributed by atoms with van der Waals surface area (Å²) in [5, 5.41) is 0. The lowest BCUT2D eigenvalue weighted by Crippen LogP contribution is -2.55. The molecule has 3 unspecified atom stereocenters. The maximum atomic E-state index is 12.4. The molecule has 1 aliphatic carbocycles. The lowest BCUT2D eigenvalue weighted by atomic mass is 9.77. The van der Waals surface area contributed by atoms with Crippen molar-refractivity contribution in [3.63, 3.8) is 0 Å². The van der Waals surface area contributed by atoms with Crippen LogP contribution in [0.15, 0.2) is 0 Å². The molecule has 5 heteroatoms. The molecule has 0 aromatic heterocycles. The molecule has 1 saturated carbocycles. The molecular formula is C13H23N3O2. The molecule has 0 bridgehead atoms. The molecule has 0 radical (unpaired) electrons. The van der Waals surface area contributed by atoms with Crippen LogP contribution < -0.4 is 5.73 Å². The van der Waals surface area contributed by atoms with E-state index >= 15 is 0 Å². The van der Waals surface area contributed by atoms with E-state index in [1.165, 1.54) is 0 Å². The lowest BCUT2D eigenvalue weighted by molar-refractivity contribution is -0.148. The first-order valence-corrected chi connectivity index (χ1v) is 6.79. The zero-order valence-electron chi connectivity index (χ0n) is 11.3. The van der Waals surface area contributed by atoms with Crippen LogP contribution >= 0.6 is 0 Å². The van der Waals surface area contributed by atoms with Crippen LogP contribution in [0, 0.1) is 11.8 Å². The maximum absolute atomic E-state index is 12.4. The van der Waals surface area contributed by atoms with Crippen LogP contribution in [0.3, 0.4) is 0 Å². The van der Waals surface area contributed by atoms with E-state index in [0.29, 0.717) is 19.0 Å². The van der Waals surface area contributed by atoms with Gasteiger partial charge in [-0.1, -0.05) is 13.3 Å². The van der Waals surface area contributed by atoms with E-state index in [1.54, 1.807) is 16.8 Å². The average molecular weight is 253 g/mol. The molecule has 2 N–H and O–H groups in total. The molecule has 2 aliphatic rings. The summed E-state index contributed by atoms with van der Waals surface area (Å²) >= 11 is 0. The molecule has 18 heavy (non-hydrogen) atoms. The molecule has 2 rings (SSSR count). The second-order valence-corrected chi connectivity index (χ2v) is 5.67. The molecule has 0 aromatic rings. The molecule has 2 fully saturated rings. The standard InChI is InChI=1S/C13H23N3O2/c1-9-4-3-5-10(12(9)14)13(18)16-7-6-15(2)11(17)8-16/h9-10,12H,3-8,14H2,1-2H3. The van der Waals surface area contributed by atoms with Crippen molar-refractivity contribution < 1.29 is 9.59 Å². The average Bonchev–Trinajstić information content (AvgIpc) is 2.35. The van der Waals surface area contributed by atoms with Crippen molar-refractivity contribution in [3.05, 3.63) is 0 Å². The quantitative estimate of drug-likeness (QED) is 0.718. The molecule has 1 saturated heterocycles. The molecule has 102 valence electrons. The van der Waals surface area contributed by atoms with Crippen LogP contribution in [0.25, 0.3) is 0 Å². The summed E-state index contributed by atoms with van der Waals surface area (Å²) in [5.74, 6) is 0.406. The zero-order chi connectivity index (χ0) is 13.3. The number of nitrogens with zero attached hydrogens (tertiary/aromatic N) is 2. The minimum Gasteiger partial charge on any atom is -0.342 e. The summed E-state index contributed by atoms with van der Waals surface area (Å²) in [6.45, 7) is 3.59. The van der Waals surface area contributed by atoms with E-state index < -0.39 is 0 Å². The van der Waals surface area contributed by atoms with Crippen molar-refractivity contribution in [1.29, 1.82) is 0 Å². The van der Waals surface area contributed by atoms with Crippen LogP contribution in [0.1, 0.15) is 26.2 Å². The van der Waals surface area contributed by atoms with E-state index in [-0.39, 0.29) is 30.3 Å². The number of likely N-dealkylation sites (N-methyl/N-ethyl adjacent to an activating group) is 1. The Balaban J connectivity index is 2.00. The maximum Gasteiger partial charge on any atom is 0.241 e. The number of piperazine rings is 1. The van der Waals surface area contributed by atoms with Gasteiger partial charge in [-0.2, -0.15) is 0 Å². The molecule has 1 aliphatic heterocycles. The van der Waals surface area contributed by atoms with E-state index in [2.05, 4.69) is 6.92 Å². The Hall–Kier alpha value is -1.10. The number of rotatable bonds is 1. The van der Waals surface area contributed by atoms with E-state index in [1.807, 2.05) is 0 Å². The minimum atomic E-state index is -0.0926. The van der Waals surface area contributed by atoms with Gasteiger partial charge in [-0.25, -0.2) is 0 Å². The number of amides is 2. The Labute approximate surface area is 108 Å². The van der Waals surface area contributed by atoms with E-state index in [9.17, 15) is 9.59 Å². The van der Waals surface area contributed by atoms with Gasteiger partial charge in [0.15, 0.2) is 0 Å². The topological polar surface area (TPSA) is 66.6 Å². The lowest BCUT2D eigenvalue weighted by Gasteiger charge is -2.38. The van der Waals surface area contributed by atoms with Crippen molar-refractivity contribution in [2.45, 2.75) is 32.2 Å². The van der Waals surface area contributed by atoms with Gasteiger partial charge < -0.3 is 15.5 Å². The molecule has 1 heterocycles. The smallest absolute Gasteiger partial charge is 0.241 e. The van der Waals surface area contributed by atoms with Crippen LogP contribution in [0.2, 0.25) is 0 Å². The summed E-state index contributed by atoms with van der Waals surface area (Å²) in [6.07, 6.45) is 3.03. The summed E-state index contributed by atoms with van der Waals surface area (Å²) in [7, 11) is 1.78. The highest BCUT2D eigenvalue weighted by atomic mass is 16.2.